The summed E-state index contributed by atoms with van der Waals surface area (Å²) in [7, 11) is 0. The minimum Gasteiger partial charge on any atom is -0.478 e. The van der Waals surface area contributed by atoms with Crippen LogP contribution in [0.2, 0.25) is 0 Å². The van der Waals surface area contributed by atoms with Gasteiger partial charge >= 0.3 is 5.97 Å². The van der Waals surface area contributed by atoms with Crippen molar-refractivity contribution in [3.63, 3.8) is 0 Å². The Labute approximate surface area is 123 Å². The monoisotopic (exact) mass is 285 g/mol. The highest BCUT2D eigenvalue weighted by molar-refractivity contribution is 5.88. The molecule has 2 N–H and O–H groups in total. The first kappa shape index (κ1) is 13.7. The highest BCUT2D eigenvalue weighted by Crippen LogP contribution is 2.47. The van der Waals surface area contributed by atoms with Crippen LogP contribution in [0.1, 0.15) is 46.7 Å². The fourth-order valence-corrected chi connectivity index (χ4v) is 2.58. The number of carbonyl (C=O) groups is 1. The van der Waals surface area contributed by atoms with Crippen molar-refractivity contribution in [2.75, 3.05) is 5.32 Å². The molecule has 0 aliphatic heterocycles. The molecule has 2 unspecified atom stereocenters. The number of hydrogen-bond donors (Lipinski definition) is 2. The first-order valence-electron chi connectivity index (χ1n) is 7.21. The van der Waals surface area contributed by atoms with E-state index in [2.05, 4.69) is 18.3 Å². The zero-order valence-electron chi connectivity index (χ0n) is 12.2. The van der Waals surface area contributed by atoms with Gasteiger partial charge in [-0.1, -0.05) is 6.92 Å². The molecule has 1 aromatic carbocycles. The number of carboxylic acid groups (broad SMARTS) is 1. The molecule has 0 saturated heterocycles. The van der Waals surface area contributed by atoms with Crippen molar-refractivity contribution in [1.82, 2.24) is 0 Å². The number of hydrogen-bond acceptors (Lipinski definition) is 3. The van der Waals surface area contributed by atoms with Gasteiger partial charge in [-0.15, -0.1) is 0 Å². The molecule has 1 heterocycles. The molecule has 4 heteroatoms. The lowest BCUT2D eigenvalue weighted by atomic mass is 10.1. The summed E-state index contributed by atoms with van der Waals surface area (Å²) in [6.07, 6.45) is 1.22. The highest BCUT2D eigenvalue weighted by Gasteiger charge is 2.36. The van der Waals surface area contributed by atoms with Crippen molar-refractivity contribution >= 4 is 11.7 Å². The molecule has 0 bridgehead atoms. The van der Waals surface area contributed by atoms with Crippen LogP contribution in [0.25, 0.3) is 0 Å². The van der Waals surface area contributed by atoms with Crippen molar-refractivity contribution in [3.05, 3.63) is 53.0 Å². The summed E-state index contributed by atoms with van der Waals surface area (Å²) in [5.74, 6) is 2.42. The van der Waals surface area contributed by atoms with E-state index in [1.807, 2.05) is 13.0 Å². The first-order chi connectivity index (χ1) is 10.0. The van der Waals surface area contributed by atoms with Crippen molar-refractivity contribution in [2.24, 2.45) is 5.92 Å². The van der Waals surface area contributed by atoms with Crippen molar-refractivity contribution < 1.29 is 14.3 Å². The number of anilines is 1. The summed E-state index contributed by atoms with van der Waals surface area (Å²) in [6.45, 7) is 4.74. The molecule has 1 aromatic heterocycles. The lowest BCUT2D eigenvalue weighted by Crippen LogP contribution is -2.02. The van der Waals surface area contributed by atoms with Crippen LogP contribution >= 0.6 is 0 Å². The van der Waals surface area contributed by atoms with Gasteiger partial charge < -0.3 is 14.8 Å². The maximum absolute atomic E-state index is 10.9. The lowest BCUT2D eigenvalue weighted by molar-refractivity contribution is 0.0697. The molecule has 0 spiro atoms. The van der Waals surface area contributed by atoms with Crippen LogP contribution in [0.4, 0.5) is 5.69 Å². The molecule has 0 amide bonds. The van der Waals surface area contributed by atoms with Gasteiger partial charge in [-0.05, 0) is 55.2 Å². The van der Waals surface area contributed by atoms with Gasteiger partial charge in [0, 0.05) is 11.6 Å². The third kappa shape index (κ3) is 2.94. The number of rotatable bonds is 5. The molecular formula is C17H19NO3. The molecule has 1 aliphatic carbocycles. The summed E-state index contributed by atoms with van der Waals surface area (Å²) in [5, 5.41) is 12.2. The third-order valence-electron chi connectivity index (χ3n) is 4.08. The molecule has 2 aromatic rings. The summed E-state index contributed by atoms with van der Waals surface area (Å²) >= 11 is 0. The molecule has 3 rings (SSSR count). The Morgan fingerprint density at radius 1 is 1.38 bits per heavy atom. The maximum Gasteiger partial charge on any atom is 0.335 e. The first-order valence-corrected chi connectivity index (χ1v) is 7.21. The van der Waals surface area contributed by atoms with Crippen LogP contribution in [0, 0.1) is 12.8 Å². The van der Waals surface area contributed by atoms with E-state index in [0.29, 0.717) is 18.0 Å². The average molecular weight is 285 g/mol. The van der Waals surface area contributed by atoms with Gasteiger partial charge in [-0.25, -0.2) is 4.79 Å². The minimum absolute atomic E-state index is 0.307. The fourth-order valence-electron chi connectivity index (χ4n) is 2.58. The Morgan fingerprint density at radius 2 is 2.14 bits per heavy atom. The van der Waals surface area contributed by atoms with E-state index in [9.17, 15) is 4.79 Å². The Balaban J connectivity index is 1.64. The van der Waals surface area contributed by atoms with Crippen molar-refractivity contribution in [1.29, 1.82) is 0 Å². The van der Waals surface area contributed by atoms with Crippen LogP contribution < -0.4 is 5.32 Å². The van der Waals surface area contributed by atoms with E-state index in [-0.39, 0.29) is 0 Å². The van der Waals surface area contributed by atoms with Gasteiger partial charge in [-0.3, -0.25) is 0 Å². The third-order valence-corrected chi connectivity index (χ3v) is 4.08. The largest absolute Gasteiger partial charge is 0.478 e. The van der Waals surface area contributed by atoms with Gasteiger partial charge in [-0.2, -0.15) is 0 Å². The quantitative estimate of drug-likeness (QED) is 0.871. The van der Waals surface area contributed by atoms with Crippen LogP contribution in [0.3, 0.4) is 0 Å². The number of aromatic carboxylic acids is 1. The predicted molar refractivity (Wildman–Crippen MR) is 80.7 cm³/mol. The topological polar surface area (TPSA) is 62.5 Å². The zero-order valence-corrected chi connectivity index (χ0v) is 12.2. The normalized spacial score (nSPS) is 20.3. The molecular weight excluding hydrogens is 266 g/mol. The second-order valence-electron chi connectivity index (χ2n) is 5.81. The zero-order chi connectivity index (χ0) is 15.0. The lowest BCUT2D eigenvalue weighted by Gasteiger charge is -2.09. The van der Waals surface area contributed by atoms with E-state index in [1.165, 1.54) is 6.42 Å². The minimum atomic E-state index is -0.904. The van der Waals surface area contributed by atoms with Crippen molar-refractivity contribution in [2.45, 2.75) is 32.7 Å². The molecule has 0 radical (unpaired) electrons. The summed E-state index contributed by atoms with van der Waals surface area (Å²) < 4.78 is 5.84. The van der Waals surface area contributed by atoms with E-state index in [0.717, 1.165) is 28.7 Å². The Kier molecular flexibility index (Phi) is 3.45. The van der Waals surface area contributed by atoms with Crippen LogP contribution in [-0.4, -0.2) is 11.1 Å². The number of nitrogens with one attached hydrogen (secondary N) is 1. The number of furan rings is 1. The fraction of sp³-hybridized carbons (Fsp3) is 0.353. The second-order valence-corrected chi connectivity index (χ2v) is 5.81. The maximum atomic E-state index is 10.9. The standard InChI is InChI=1S/C17H19NO3/c1-10-8-14(10)16-6-4-13(21-16)9-18-15-5-3-12(17(19)20)7-11(15)2/h3-7,10,14,18H,8-9H2,1-2H3,(H,19,20). The number of aryl methyl sites for hydroxylation is 1. The van der Waals surface area contributed by atoms with Gasteiger partial charge in [0.2, 0.25) is 0 Å². The average Bonchev–Trinajstić information content (AvgIpc) is 3.00. The summed E-state index contributed by atoms with van der Waals surface area (Å²) in [4.78, 5) is 10.9. The molecule has 110 valence electrons. The highest BCUT2D eigenvalue weighted by atomic mass is 16.4. The molecule has 2 atom stereocenters. The molecule has 1 fully saturated rings. The molecule has 4 nitrogen and oxygen atoms in total. The Bertz CT molecular complexity index is 674. The second kappa shape index (κ2) is 5.28. The van der Waals surface area contributed by atoms with E-state index in [4.69, 9.17) is 9.52 Å². The molecule has 21 heavy (non-hydrogen) atoms. The summed E-state index contributed by atoms with van der Waals surface area (Å²) in [6, 6.07) is 9.15. The number of carboxylic acids is 1. The van der Waals surface area contributed by atoms with Crippen LogP contribution in [0.5, 0.6) is 0 Å². The Hall–Kier alpha value is -2.23. The van der Waals surface area contributed by atoms with Gasteiger partial charge in [0.15, 0.2) is 0 Å². The number of benzene rings is 1. The predicted octanol–water partition coefficient (Wildman–Crippen LogP) is 4.02. The molecule has 1 saturated carbocycles. The van der Waals surface area contributed by atoms with E-state index < -0.39 is 5.97 Å². The van der Waals surface area contributed by atoms with Crippen LogP contribution in [0.15, 0.2) is 34.7 Å². The van der Waals surface area contributed by atoms with Gasteiger partial charge in [0.25, 0.3) is 0 Å². The van der Waals surface area contributed by atoms with Crippen LogP contribution in [-0.2, 0) is 6.54 Å². The van der Waals surface area contributed by atoms with Crippen molar-refractivity contribution in [3.8, 4) is 0 Å². The molecule has 1 aliphatic rings. The summed E-state index contributed by atoms with van der Waals surface area (Å²) in [5.41, 5.74) is 2.15. The van der Waals surface area contributed by atoms with E-state index in [1.54, 1.807) is 18.2 Å². The van der Waals surface area contributed by atoms with E-state index >= 15 is 0 Å². The SMILES string of the molecule is Cc1cc(C(=O)O)ccc1NCc1ccc(C2CC2C)o1. The van der Waals surface area contributed by atoms with Gasteiger partial charge in [0.05, 0.1) is 12.1 Å². The Morgan fingerprint density at radius 3 is 2.76 bits per heavy atom. The van der Waals surface area contributed by atoms with Gasteiger partial charge in [0.1, 0.15) is 11.5 Å². The smallest absolute Gasteiger partial charge is 0.335 e.